The molecule has 0 spiro atoms. The van der Waals surface area contributed by atoms with Crippen LogP contribution in [0.25, 0.3) is 0 Å². The molecule has 0 aromatic heterocycles. The maximum atomic E-state index is 14.7. The molecule has 2 saturated heterocycles. The van der Waals surface area contributed by atoms with E-state index in [-0.39, 0.29) is 43.0 Å². The van der Waals surface area contributed by atoms with Gasteiger partial charge in [-0.25, -0.2) is 18.0 Å². The van der Waals surface area contributed by atoms with E-state index >= 15 is 0 Å². The molecule has 39 heavy (non-hydrogen) atoms. The molecule has 2 aromatic rings. The number of aliphatic hydroxyl groups is 1. The van der Waals surface area contributed by atoms with Crippen molar-refractivity contribution in [2.24, 2.45) is 0 Å². The van der Waals surface area contributed by atoms with Gasteiger partial charge in [0.05, 0.1) is 36.6 Å². The van der Waals surface area contributed by atoms with Crippen LogP contribution < -0.4 is 10.6 Å². The summed E-state index contributed by atoms with van der Waals surface area (Å²) in [6.07, 6.45) is 1.08. The fourth-order valence-electron chi connectivity index (χ4n) is 4.61. The minimum atomic E-state index is -1.29. The van der Waals surface area contributed by atoms with Gasteiger partial charge in [0.1, 0.15) is 11.4 Å². The van der Waals surface area contributed by atoms with Crippen molar-refractivity contribution in [2.75, 3.05) is 44.6 Å². The van der Waals surface area contributed by atoms with Crippen molar-refractivity contribution >= 4 is 23.4 Å². The standard InChI is InChI=1S/C26H31F3N4O4.C2H6/c1-3-37-25(35)32-10-8-17(9-11-32)30-13-26(36)14-33(15-26)24(34)18-5-6-19(27)22(29)23(18)31-21-7-4-16(2)12-20(21)28;1-2/h4-7,12,17,30-31,36H,3,8-11,13-15H2,1-2H3;1-2H3. The third kappa shape index (κ3) is 7.21. The Morgan fingerprint density at radius 3 is 2.33 bits per heavy atom. The van der Waals surface area contributed by atoms with Crippen LogP contribution in [-0.4, -0.2) is 77.9 Å². The third-order valence-corrected chi connectivity index (χ3v) is 6.71. The van der Waals surface area contributed by atoms with E-state index in [2.05, 4.69) is 10.6 Å². The predicted octanol–water partition coefficient (Wildman–Crippen LogP) is 4.58. The number of ether oxygens (including phenoxy) is 1. The number of rotatable bonds is 7. The Balaban J connectivity index is 0.00000205. The van der Waals surface area contributed by atoms with Gasteiger partial charge in [-0.3, -0.25) is 4.79 Å². The van der Waals surface area contributed by atoms with E-state index < -0.39 is 34.6 Å². The highest BCUT2D eigenvalue weighted by Crippen LogP contribution is 2.31. The van der Waals surface area contributed by atoms with Gasteiger partial charge >= 0.3 is 6.09 Å². The maximum Gasteiger partial charge on any atom is 0.409 e. The molecule has 0 aliphatic carbocycles. The number of β-amino-alcohol motifs (C(OH)–C–C–N with tert-alkyl or cyclic N) is 1. The summed E-state index contributed by atoms with van der Waals surface area (Å²) in [4.78, 5) is 27.9. The number of hydrogen-bond donors (Lipinski definition) is 3. The molecular formula is C28H37F3N4O4. The highest BCUT2D eigenvalue weighted by molar-refractivity contribution is 6.01. The molecule has 2 heterocycles. The van der Waals surface area contributed by atoms with E-state index in [0.29, 0.717) is 38.1 Å². The summed E-state index contributed by atoms with van der Waals surface area (Å²) < 4.78 is 48.0. The molecule has 2 amide bonds. The minimum absolute atomic E-state index is 0.00215. The lowest BCUT2D eigenvalue weighted by molar-refractivity contribution is -0.0804. The molecule has 2 fully saturated rings. The van der Waals surface area contributed by atoms with Crippen molar-refractivity contribution in [1.82, 2.24) is 15.1 Å². The van der Waals surface area contributed by atoms with Crippen molar-refractivity contribution in [3.63, 3.8) is 0 Å². The first-order chi connectivity index (χ1) is 18.6. The molecular weight excluding hydrogens is 513 g/mol. The fourth-order valence-corrected chi connectivity index (χ4v) is 4.61. The van der Waals surface area contributed by atoms with Crippen LogP contribution in [0.5, 0.6) is 0 Å². The number of carbonyl (C=O) groups is 2. The Morgan fingerprint density at radius 1 is 1.05 bits per heavy atom. The molecule has 3 N–H and O–H groups in total. The number of halogens is 3. The van der Waals surface area contributed by atoms with Crippen LogP contribution in [-0.2, 0) is 4.74 Å². The average Bonchev–Trinajstić information content (AvgIpc) is 2.91. The van der Waals surface area contributed by atoms with Gasteiger partial charge in [0.25, 0.3) is 5.91 Å². The second-order valence-electron chi connectivity index (χ2n) is 9.62. The second-order valence-corrected chi connectivity index (χ2v) is 9.62. The number of aryl methyl sites for hydroxylation is 1. The summed E-state index contributed by atoms with van der Waals surface area (Å²) in [5, 5.41) is 16.7. The lowest BCUT2D eigenvalue weighted by Crippen LogP contribution is -2.68. The van der Waals surface area contributed by atoms with E-state index in [1.54, 1.807) is 24.8 Å². The van der Waals surface area contributed by atoms with Crippen molar-refractivity contribution < 1.29 is 32.6 Å². The second kappa shape index (κ2) is 13.2. The van der Waals surface area contributed by atoms with Crippen LogP contribution in [0, 0.1) is 24.4 Å². The zero-order valence-electron chi connectivity index (χ0n) is 22.8. The summed E-state index contributed by atoms with van der Waals surface area (Å²) in [6, 6.07) is 6.31. The van der Waals surface area contributed by atoms with Crippen molar-refractivity contribution in [2.45, 2.75) is 52.2 Å². The molecule has 0 bridgehead atoms. The maximum absolute atomic E-state index is 14.7. The number of hydrogen-bond acceptors (Lipinski definition) is 6. The van der Waals surface area contributed by atoms with Gasteiger partial charge in [0.2, 0.25) is 0 Å². The van der Waals surface area contributed by atoms with Crippen molar-refractivity contribution in [1.29, 1.82) is 0 Å². The first-order valence-corrected chi connectivity index (χ1v) is 13.3. The van der Waals surface area contributed by atoms with Gasteiger partial charge < -0.3 is 30.3 Å². The quantitative estimate of drug-likeness (QED) is 0.467. The number of carbonyl (C=O) groups excluding carboxylic acids is 2. The van der Waals surface area contributed by atoms with E-state index in [4.69, 9.17) is 4.74 Å². The Kier molecular flexibility index (Phi) is 10.2. The van der Waals surface area contributed by atoms with Gasteiger partial charge in [0, 0.05) is 25.7 Å². The summed E-state index contributed by atoms with van der Waals surface area (Å²) in [6.45, 7) is 9.10. The number of nitrogens with zero attached hydrogens (tertiary/aromatic N) is 2. The lowest BCUT2D eigenvalue weighted by atomic mass is 9.92. The van der Waals surface area contributed by atoms with E-state index in [9.17, 15) is 27.9 Å². The number of benzene rings is 2. The zero-order valence-corrected chi connectivity index (χ0v) is 22.8. The highest BCUT2D eigenvalue weighted by Gasteiger charge is 2.44. The van der Waals surface area contributed by atoms with Crippen LogP contribution in [0.2, 0.25) is 0 Å². The van der Waals surface area contributed by atoms with Crippen LogP contribution in [0.4, 0.5) is 29.3 Å². The smallest absolute Gasteiger partial charge is 0.409 e. The summed E-state index contributed by atoms with van der Waals surface area (Å²) in [7, 11) is 0. The Bertz CT molecular complexity index is 1170. The molecule has 2 aromatic carbocycles. The van der Waals surface area contributed by atoms with Gasteiger partial charge in [-0.15, -0.1) is 0 Å². The van der Waals surface area contributed by atoms with E-state index in [0.717, 1.165) is 12.1 Å². The number of piperidine rings is 1. The summed E-state index contributed by atoms with van der Waals surface area (Å²) in [5.41, 5.74) is -1.25. The average molecular weight is 551 g/mol. The molecule has 0 atom stereocenters. The summed E-state index contributed by atoms with van der Waals surface area (Å²) >= 11 is 0. The lowest BCUT2D eigenvalue weighted by Gasteiger charge is -2.47. The number of amides is 2. The third-order valence-electron chi connectivity index (χ3n) is 6.71. The number of likely N-dealkylation sites (tertiary alicyclic amines) is 2. The van der Waals surface area contributed by atoms with Crippen LogP contribution in [0.1, 0.15) is 49.5 Å². The molecule has 2 aliphatic heterocycles. The van der Waals surface area contributed by atoms with Crippen LogP contribution in [0.3, 0.4) is 0 Å². The first-order valence-electron chi connectivity index (χ1n) is 13.3. The van der Waals surface area contributed by atoms with Gasteiger partial charge in [-0.05, 0) is 56.5 Å². The number of anilines is 2. The molecule has 4 rings (SSSR count). The Hall–Kier alpha value is -3.31. The Morgan fingerprint density at radius 2 is 1.72 bits per heavy atom. The van der Waals surface area contributed by atoms with E-state index in [1.807, 2.05) is 13.8 Å². The molecule has 8 nitrogen and oxygen atoms in total. The summed E-state index contributed by atoms with van der Waals surface area (Å²) in [5.74, 6) is -3.75. The largest absolute Gasteiger partial charge is 0.450 e. The molecule has 214 valence electrons. The first kappa shape index (κ1) is 30.2. The molecule has 0 unspecified atom stereocenters. The molecule has 0 radical (unpaired) electrons. The van der Waals surface area contributed by atoms with Crippen LogP contribution in [0.15, 0.2) is 30.3 Å². The SMILES string of the molecule is CC.CCOC(=O)N1CCC(NCC2(O)CN(C(=O)c3ccc(F)c(F)c3Nc3ccc(C)cc3F)C2)CC1. The predicted molar refractivity (Wildman–Crippen MR) is 143 cm³/mol. The molecule has 11 heteroatoms. The molecule has 2 aliphatic rings. The fraction of sp³-hybridized carbons (Fsp3) is 0.500. The van der Waals surface area contributed by atoms with E-state index in [1.165, 1.54) is 17.0 Å². The normalized spacial score (nSPS) is 16.6. The topological polar surface area (TPSA) is 94.1 Å². The van der Waals surface area contributed by atoms with Crippen LogP contribution >= 0.6 is 0 Å². The van der Waals surface area contributed by atoms with Gasteiger partial charge in [-0.2, -0.15) is 0 Å². The van der Waals surface area contributed by atoms with Gasteiger partial charge in [-0.1, -0.05) is 19.9 Å². The monoisotopic (exact) mass is 550 g/mol. The minimum Gasteiger partial charge on any atom is -0.450 e. The van der Waals surface area contributed by atoms with Gasteiger partial charge in [0.15, 0.2) is 11.6 Å². The molecule has 0 saturated carbocycles. The Labute approximate surface area is 227 Å². The zero-order chi connectivity index (χ0) is 28.7. The van der Waals surface area contributed by atoms with Crippen molar-refractivity contribution in [3.8, 4) is 0 Å². The number of nitrogens with one attached hydrogen (secondary N) is 2. The van der Waals surface area contributed by atoms with Crippen molar-refractivity contribution in [3.05, 3.63) is 58.9 Å². The highest BCUT2D eigenvalue weighted by atomic mass is 19.2.